The Morgan fingerprint density at radius 3 is 2.44 bits per heavy atom. The predicted octanol–water partition coefficient (Wildman–Crippen LogP) is 6.02. The number of carbonyl (C=O) groups excluding carboxylic acids is 4. The number of ether oxygens (including phenoxy) is 3. The van der Waals surface area contributed by atoms with E-state index in [-0.39, 0.29) is 49.3 Å². The number of morpholine rings is 1. The van der Waals surface area contributed by atoms with Crippen molar-refractivity contribution in [1.82, 2.24) is 49.8 Å². The molecular formula is C63H86F3N11O7. The van der Waals surface area contributed by atoms with Crippen LogP contribution in [0.1, 0.15) is 114 Å². The summed E-state index contributed by atoms with van der Waals surface area (Å²) >= 11 is 0. The standard InChI is InChI=1S/C63H86F3N11O7/c1-39(82-5)52-47(29-45(31-67-52)73-24-22-72(23-25-73)44-17-18-44)55-48-30-61(2,3)38-83-60(81)49-13-9-21-77(69-49)58(79)50(33-71-20-8-12-43(32-71)42-16-19-51(46(48)28-42)76(55)37-63(64,65)66)68-57(78)54(40-10-6-7-11-40)74-26-27-84-62(34-74)35-75(36-62)59(80)56-53(70(56)4)41-14-15-41/h12,16,19,28-29,31,39-41,44,49-50,53-54,56,69H,6-11,13-15,17-18,20-27,30,32-38H2,1-5H3,(H,68,78)/t39-,49-,50-,53+,54-,56+,70?/m0/s1. The van der Waals surface area contributed by atoms with Crippen LogP contribution in [0.2, 0.25) is 0 Å². The minimum absolute atomic E-state index is 0.0504. The number of fused-ring (bicyclic) bond motifs is 6. The highest BCUT2D eigenvalue weighted by Gasteiger charge is 2.61. The van der Waals surface area contributed by atoms with Gasteiger partial charge in [0.25, 0.3) is 5.91 Å². The summed E-state index contributed by atoms with van der Waals surface area (Å²) in [4.78, 5) is 77.0. The van der Waals surface area contributed by atoms with E-state index in [1.807, 2.05) is 63.2 Å². The van der Waals surface area contributed by atoms with Crippen LogP contribution < -0.4 is 15.6 Å². The predicted molar refractivity (Wildman–Crippen MR) is 311 cm³/mol. The lowest BCUT2D eigenvalue weighted by Gasteiger charge is -2.55. The Morgan fingerprint density at radius 1 is 0.940 bits per heavy atom. The highest BCUT2D eigenvalue weighted by molar-refractivity contribution is 5.96. The van der Waals surface area contributed by atoms with Crippen molar-refractivity contribution >= 4 is 45.9 Å². The van der Waals surface area contributed by atoms with Gasteiger partial charge in [0, 0.05) is 107 Å². The van der Waals surface area contributed by atoms with Crippen molar-refractivity contribution in [2.45, 2.75) is 158 Å². The van der Waals surface area contributed by atoms with Crippen LogP contribution in [-0.2, 0) is 46.4 Å². The Kier molecular flexibility index (Phi) is 15.7. The van der Waals surface area contributed by atoms with Gasteiger partial charge < -0.3 is 33.9 Å². The molecule has 3 amide bonds. The lowest BCUT2D eigenvalue weighted by Crippen LogP contribution is -2.73. The number of likely N-dealkylation sites (N-methyl/N-ethyl adjacent to an activating group) is 1. The fraction of sp³-hybridized carbons (Fsp3) is 0.698. The topological polar surface area (TPSA) is 160 Å². The number of hydrazine groups is 1. The lowest BCUT2D eigenvalue weighted by molar-refractivity contribution is -0.198. The molecule has 2 aromatic heterocycles. The number of esters is 1. The molecule has 3 aliphatic carbocycles. The Labute approximate surface area is 491 Å². The number of halogens is 3. The van der Waals surface area contributed by atoms with E-state index in [0.717, 1.165) is 68.7 Å². The summed E-state index contributed by atoms with van der Waals surface area (Å²) in [6.07, 6.45) is 9.32. The number of amides is 3. The van der Waals surface area contributed by atoms with Gasteiger partial charge in [0.1, 0.15) is 30.3 Å². The number of alkyl halides is 3. The molecule has 8 atom stereocenters. The van der Waals surface area contributed by atoms with Crippen LogP contribution in [0.15, 0.2) is 36.5 Å². The Hall–Kier alpha value is -5.16. The van der Waals surface area contributed by atoms with Crippen molar-refractivity contribution in [1.29, 1.82) is 0 Å². The number of methoxy groups -OCH3 is 1. The molecule has 3 aromatic rings. The number of hydrogen-bond donors (Lipinski definition) is 2. The number of nitrogens with one attached hydrogen (secondary N) is 2. The van der Waals surface area contributed by atoms with Crippen molar-refractivity contribution in [3.63, 3.8) is 0 Å². The van der Waals surface area contributed by atoms with Crippen LogP contribution in [0, 0.1) is 17.3 Å². The van der Waals surface area contributed by atoms with Gasteiger partial charge in [-0.3, -0.25) is 48.8 Å². The number of piperazine rings is 1. The molecule has 2 N–H and O–H groups in total. The van der Waals surface area contributed by atoms with E-state index in [9.17, 15) is 9.59 Å². The molecule has 456 valence electrons. The number of nitrogens with zero attached hydrogens (tertiary/aromatic N) is 9. The second-order valence-corrected chi connectivity index (χ2v) is 27.2. The quantitative estimate of drug-likeness (QED) is 0.160. The zero-order valence-corrected chi connectivity index (χ0v) is 49.8. The monoisotopic (exact) mass is 1170 g/mol. The third-order valence-electron chi connectivity index (χ3n) is 20.4. The van der Waals surface area contributed by atoms with Crippen LogP contribution in [0.4, 0.5) is 18.9 Å². The van der Waals surface area contributed by atoms with E-state index < -0.39 is 53.9 Å². The number of pyridine rings is 1. The molecule has 9 heterocycles. The van der Waals surface area contributed by atoms with Crippen LogP contribution in [0.5, 0.6) is 0 Å². The second kappa shape index (κ2) is 22.8. The van der Waals surface area contributed by atoms with Crippen LogP contribution >= 0.6 is 0 Å². The molecule has 8 fully saturated rings. The second-order valence-electron chi connectivity index (χ2n) is 27.2. The lowest BCUT2D eigenvalue weighted by atomic mass is 9.84. The van der Waals surface area contributed by atoms with E-state index >= 15 is 22.8 Å². The first-order valence-electron chi connectivity index (χ1n) is 31.4. The van der Waals surface area contributed by atoms with Crippen LogP contribution in [-0.4, -0.2) is 217 Å². The molecule has 18 nitrogen and oxygen atoms in total. The van der Waals surface area contributed by atoms with Gasteiger partial charge in [0.05, 0.1) is 61.7 Å². The van der Waals surface area contributed by atoms with E-state index in [2.05, 4.69) is 41.3 Å². The number of carbonyl (C=O) groups is 4. The molecule has 84 heavy (non-hydrogen) atoms. The van der Waals surface area contributed by atoms with Gasteiger partial charge in [0.15, 0.2) is 0 Å². The summed E-state index contributed by atoms with van der Waals surface area (Å²) in [5.74, 6) is -0.215. The molecule has 3 saturated carbocycles. The fourth-order valence-electron chi connectivity index (χ4n) is 15.5. The number of hydrogen-bond acceptors (Lipinski definition) is 14. The smallest absolute Gasteiger partial charge is 0.406 e. The first-order chi connectivity index (χ1) is 40.3. The zero-order valence-electron chi connectivity index (χ0n) is 49.8. The van der Waals surface area contributed by atoms with E-state index in [4.69, 9.17) is 19.2 Å². The largest absolute Gasteiger partial charge is 0.464 e. The van der Waals surface area contributed by atoms with Gasteiger partial charge in [-0.25, -0.2) is 5.43 Å². The normalized spacial score (nSPS) is 29.7. The van der Waals surface area contributed by atoms with Crippen molar-refractivity contribution < 1.29 is 46.6 Å². The molecule has 7 aliphatic heterocycles. The molecular weight excluding hydrogens is 1080 g/mol. The first kappa shape index (κ1) is 57.9. The molecule has 2 unspecified atom stereocenters. The molecule has 1 spiro atoms. The number of likely N-dealkylation sites (tertiary alicyclic amines) is 1. The number of benzene rings is 1. The SMILES string of the molecule is CO[C@@H](C)c1ncc(N2CCN(C3CC3)CC2)cc1-c1c2c3cc(ccc3n1CC(F)(F)F)C1=CCCN(C1)C[C@H](NC(=O)[C@H](C1CCCC1)N1CCOC3(CN(C(=O)[C@H]4[C@@H](C5CC5)N4C)C3)C1)C(=O)N1CCC[C@H](N1)C(=O)OCC(C)(C)C2. The van der Waals surface area contributed by atoms with Gasteiger partial charge in [-0.05, 0) is 125 Å². The first-order valence-corrected chi connectivity index (χ1v) is 31.4. The Bertz CT molecular complexity index is 3030. The molecule has 10 aliphatic rings. The Morgan fingerprint density at radius 2 is 1.71 bits per heavy atom. The van der Waals surface area contributed by atoms with Crippen LogP contribution in [0.3, 0.4) is 0 Å². The number of rotatable bonds is 12. The fourth-order valence-corrected chi connectivity index (χ4v) is 15.5. The van der Waals surface area contributed by atoms with Crippen molar-refractivity contribution in [3.8, 4) is 11.3 Å². The van der Waals surface area contributed by atoms with E-state index in [1.165, 1.54) is 35.3 Å². The highest BCUT2D eigenvalue weighted by atomic mass is 19.4. The van der Waals surface area contributed by atoms with Gasteiger partial charge in [-0.2, -0.15) is 13.2 Å². The van der Waals surface area contributed by atoms with Gasteiger partial charge in [-0.1, -0.05) is 38.8 Å². The number of anilines is 1. The minimum Gasteiger partial charge on any atom is -0.464 e. The summed E-state index contributed by atoms with van der Waals surface area (Å²) in [6.45, 7) is 11.9. The average molecular weight is 1170 g/mol. The molecule has 21 heteroatoms. The summed E-state index contributed by atoms with van der Waals surface area (Å²) < 4.78 is 65.9. The van der Waals surface area contributed by atoms with Crippen LogP contribution in [0.25, 0.3) is 27.7 Å². The highest BCUT2D eigenvalue weighted by Crippen LogP contribution is 2.48. The zero-order chi connectivity index (χ0) is 58.4. The maximum Gasteiger partial charge on any atom is 0.406 e. The van der Waals surface area contributed by atoms with Gasteiger partial charge in [0.2, 0.25) is 11.8 Å². The molecule has 1 aromatic carbocycles. The molecule has 0 radical (unpaired) electrons. The van der Waals surface area contributed by atoms with Crippen molar-refractivity contribution in [3.05, 3.63) is 53.4 Å². The summed E-state index contributed by atoms with van der Waals surface area (Å²) in [7, 11) is 3.63. The van der Waals surface area contributed by atoms with Gasteiger partial charge in [-0.15, -0.1) is 0 Å². The molecule has 5 saturated heterocycles. The maximum absolute atomic E-state index is 15.3. The molecule has 6 bridgehead atoms. The maximum atomic E-state index is 15.3. The van der Waals surface area contributed by atoms with E-state index in [1.54, 1.807) is 7.11 Å². The molecule has 13 rings (SSSR count). The summed E-state index contributed by atoms with van der Waals surface area (Å²) in [6, 6.07) is 6.30. The van der Waals surface area contributed by atoms with Crippen molar-refractivity contribution in [2.24, 2.45) is 17.3 Å². The minimum atomic E-state index is -4.59. The summed E-state index contributed by atoms with van der Waals surface area (Å²) in [5.41, 5.74) is 7.16. The van der Waals surface area contributed by atoms with E-state index in [0.29, 0.717) is 123 Å². The van der Waals surface area contributed by atoms with Crippen molar-refractivity contribution in [2.75, 3.05) is 111 Å². The Balaban J connectivity index is 0.827. The number of aromatic nitrogens is 2. The van der Waals surface area contributed by atoms with Gasteiger partial charge >= 0.3 is 12.1 Å². The average Bonchev–Trinajstić information content (AvgIpc) is 1.73. The summed E-state index contributed by atoms with van der Waals surface area (Å²) in [5, 5.41) is 5.49. The number of cyclic esters (lactones) is 1. The third-order valence-corrected chi connectivity index (χ3v) is 20.4. The third kappa shape index (κ3) is 11.8.